The minimum Gasteiger partial charge on any atom is -0.507 e. The van der Waals surface area contributed by atoms with Gasteiger partial charge in [-0.15, -0.1) is 0 Å². The van der Waals surface area contributed by atoms with Crippen molar-refractivity contribution in [2.24, 2.45) is 4.99 Å². The number of aryl methyl sites for hydroxylation is 3. The molecule has 0 saturated heterocycles. The first kappa shape index (κ1) is 16.2. The number of phenolic OH excluding ortho intramolecular Hbond substituents is 1. The molecule has 0 aromatic heterocycles. The first-order valence-corrected chi connectivity index (χ1v) is 7.36. The van der Waals surface area contributed by atoms with Crippen molar-refractivity contribution < 1.29 is 23.1 Å². The van der Waals surface area contributed by atoms with E-state index >= 15 is 0 Å². The second kappa shape index (κ2) is 5.78. The number of fused-ring (bicyclic) bond motifs is 1. The van der Waals surface area contributed by atoms with Gasteiger partial charge in [0, 0.05) is 0 Å². The van der Waals surface area contributed by atoms with E-state index in [4.69, 9.17) is 0 Å². The maximum atomic E-state index is 12.8. The lowest BCUT2D eigenvalue weighted by atomic mass is 9.98. The second-order valence-electron chi connectivity index (χ2n) is 5.78. The van der Waals surface area contributed by atoms with Crippen LogP contribution in [-0.2, 0) is 19.0 Å². The van der Waals surface area contributed by atoms with Crippen LogP contribution in [0.25, 0.3) is 0 Å². The Morgan fingerprint density at radius 1 is 1.08 bits per heavy atom. The maximum absolute atomic E-state index is 12.8. The van der Waals surface area contributed by atoms with Crippen molar-refractivity contribution in [2.45, 2.75) is 25.9 Å². The van der Waals surface area contributed by atoms with Gasteiger partial charge in [0.25, 0.3) is 0 Å². The Hall–Kier alpha value is -2.63. The number of aliphatic imine (C=N–C) groups is 1. The molecule has 1 heterocycles. The zero-order valence-corrected chi connectivity index (χ0v) is 12.8. The molecule has 24 heavy (non-hydrogen) atoms. The molecule has 1 aliphatic heterocycles. The molecule has 0 amide bonds. The first-order chi connectivity index (χ1) is 11.3. The molecule has 2 aromatic rings. The minimum atomic E-state index is -4.35. The highest BCUT2D eigenvalue weighted by molar-refractivity contribution is 6.40. The van der Waals surface area contributed by atoms with E-state index in [0.717, 1.165) is 23.4 Å². The Labute approximate surface area is 136 Å². The highest BCUT2D eigenvalue weighted by atomic mass is 19.4. The van der Waals surface area contributed by atoms with Gasteiger partial charge in [0.1, 0.15) is 5.75 Å². The number of benzene rings is 2. The molecule has 3 nitrogen and oxygen atoms in total. The van der Waals surface area contributed by atoms with Crippen LogP contribution in [-0.4, -0.2) is 17.1 Å². The molecular weight excluding hydrogens is 319 g/mol. The number of hydrogen-bond acceptors (Lipinski definition) is 3. The summed E-state index contributed by atoms with van der Waals surface area (Å²) >= 11 is 0. The van der Waals surface area contributed by atoms with Gasteiger partial charge in [0.2, 0.25) is 5.78 Å². The van der Waals surface area contributed by atoms with Crippen molar-refractivity contribution in [3.8, 4) is 5.75 Å². The Balaban J connectivity index is 1.77. The fraction of sp³-hybridized carbons (Fsp3) is 0.222. The smallest absolute Gasteiger partial charge is 0.416 e. The number of halogens is 3. The van der Waals surface area contributed by atoms with Gasteiger partial charge in [-0.1, -0.05) is 12.1 Å². The lowest BCUT2D eigenvalue weighted by molar-refractivity contribution is -0.138. The molecule has 1 N–H and O–H groups in total. The molecule has 6 heteroatoms. The van der Waals surface area contributed by atoms with Crippen LogP contribution >= 0.6 is 0 Å². The number of carbonyl (C=O) groups is 1. The van der Waals surface area contributed by atoms with E-state index in [2.05, 4.69) is 4.99 Å². The van der Waals surface area contributed by atoms with E-state index in [9.17, 15) is 23.1 Å². The molecule has 0 unspecified atom stereocenters. The molecule has 0 fully saturated rings. The number of rotatable bonds is 3. The van der Waals surface area contributed by atoms with Crippen LogP contribution in [0.5, 0.6) is 5.75 Å². The highest BCUT2D eigenvalue weighted by Crippen LogP contribution is 2.34. The average molecular weight is 333 g/mol. The number of hydrogen-bond donors (Lipinski definition) is 1. The summed E-state index contributed by atoms with van der Waals surface area (Å²) in [6, 6.07) is 7.30. The first-order valence-electron chi connectivity index (χ1n) is 7.36. The third-order valence-corrected chi connectivity index (χ3v) is 4.02. The molecule has 0 bridgehead atoms. The zero-order valence-electron chi connectivity index (χ0n) is 12.8. The van der Waals surface area contributed by atoms with E-state index in [1.807, 2.05) is 0 Å². The van der Waals surface area contributed by atoms with E-state index in [-0.39, 0.29) is 22.7 Å². The number of carbonyl (C=O) groups excluding carboxylic acids is 1. The van der Waals surface area contributed by atoms with Crippen molar-refractivity contribution in [1.82, 2.24) is 0 Å². The molecule has 3 rings (SSSR count). The van der Waals surface area contributed by atoms with Crippen molar-refractivity contribution in [1.29, 1.82) is 0 Å². The van der Waals surface area contributed by atoms with Crippen molar-refractivity contribution in [2.75, 3.05) is 0 Å². The quantitative estimate of drug-likeness (QED) is 0.905. The summed E-state index contributed by atoms with van der Waals surface area (Å²) in [5.74, 6) is -0.444. The summed E-state index contributed by atoms with van der Waals surface area (Å²) in [6.45, 7) is 1.44. The van der Waals surface area contributed by atoms with Crippen LogP contribution in [0.15, 0.2) is 35.3 Å². The predicted octanol–water partition coefficient (Wildman–Crippen LogP) is 4.40. The standard InChI is InChI=1S/C18H14F3NO2/c1-10-6-11(4-5-13(10)18(19,20)21)2-3-12-7-14-17(15(23)8-12)16(24)9-22-14/h4-9,23H,2-3H2,1H3. The van der Waals surface area contributed by atoms with Crippen LogP contribution in [0, 0.1) is 6.92 Å². The molecule has 2 aromatic carbocycles. The fourth-order valence-electron chi connectivity index (χ4n) is 2.85. The highest BCUT2D eigenvalue weighted by Gasteiger charge is 2.32. The van der Waals surface area contributed by atoms with Gasteiger partial charge < -0.3 is 5.11 Å². The molecule has 1 aliphatic rings. The van der Waals surface area contributed by atoms with Gasteiger partial charge >= 0.3 is 6.18 Å². The largest absolute Gasteiger partial charge is 0.507 e. The Morgan fingerprint density at radius 2 is 1.79 bits per heavy atom. The number of ketones is 1. The SMILES string of the molecule is Cc1cc(CCc2cc(O)c3c(c2)N=CC3=O)ccc1C(F)(F)F. The molecule has 124 valence electrons. The predicted molar refractivity (Wildman–Crippen MR) is 84.2 cm³/mol. The minimum absolute atomic E-state index is 0.117. The summed E-state index contributed by atoms with van der Waals surface area (Å²) in [5, 5.41) is 9.92. The van der Waals surface area contributed by atoms with Crippen molar-refractivity contribution >= 4 is 17.7 Å². The summed E-state index contributed by atoms with van der Waals surface area (Å²) in [6.07, 6.45) is -2.14. The monoisotopic (exact) mass is 333 g/mol. The van der Waals surface area contributed by atoms with Gasteiger partial charge in [0.15, 0.2) is 0 Å². The summed E-state index contributed by atoms with van der Waals surface area (Å²) in [7, 11) is 0. The van der Waals surface area contributed by atoms with Crippen LogP contribution in [0.3, 0.4) is 0 Å². The molecule has 0 radical (unpaired) electrons. The van der Waals surface area contributed by atoms with Crippen LogP contribution in [0.2, 0.25) is 0 Å². The maximum Gasteiger partial charge on any atom is 0.416 e. The van der Waals surface area contributed by atoms with Crippen molar-refractivity contribution in [3.05, 3.63) is 58.1 Å². The zero-order chi connectivity index (χ0) is 17.5. The normalized spacial score (nSPS) is 13.4. The van der Waals surface area contributed by atoms with Crippen LogP contribution in [0.4, 0.5) is 18.9 Å². The van der Waals surface area contributed by atoms with Gasteiger partial charge in [-0.3, -0.25) is 9.79 Å². The summed E-state index contributed by atoms with van der Waals surface area (Å²) in [5.41, 5.74) is 1.74. The number of phenols is 1. The van der Waals surface area contributed by atoms with E-state index in [0.29, 0.717) is 18.5 Å². The number of alkyl halides is 3. The average Bonchev–Trinajstić information content (AvgIpc) is 2.85. The van der Waals surface area contributed by atoms with Gasteiger partial charge in [-0.05, 0) is 54.7 Å². The Morgan fingerprint density at radius 3 is 2.46 bits per heavy atom. The van der Waals surface area contributed by atoms with Gasteiger partial charge in [-0.25, -0.2) is 0 Å². The van der Waals surface area contributed by atoms with E-state index in [1.54, 1.807) is 6.07 Å². The topological polar surface area (TPSA) is 49.7 Å². The lowest BCUT2D eigenvalue weighted by Crippen LogP contribution is -2.07. The Bertz CT molecular complexity index is 854. The molecule has 0 spiro atoms. The second-order valence-corrected chi connectivity index (χ2v) is 5.78. The molecule has 0 saturated carbocycles. The fourth-order valence-corrected chi connectivity index (χ4v) is 2.85. The number of Topliss-reactive ketones (excluding diaryl/α,β-unsaturated/α-hetero) is 1. The third kappa shape index (κ3) is 3.04. The number of aromatic hydroxyl groups is 1. The molecular formula is C18H14F3NO2. The molecule has 0 aliphatic carbocycles. The van der Waals surface area contributed by atoms with Crippen LogP contribution in [0.1, 0.15) is 32.6 Å². The Kier molecular flexibility index (Phi) is 3.91. The number of nitrogens with zero attached hydrogens (tertiary/aromatic N) is 1. The summed E-state index contributed by atoms with van der Waals surface area (Å²) < 4.78 is 38.3. The third-order valence-electron chi connectivity index (χ3n) is 4.02. The van der Waals surface area contributed by atoms with Gasteiger partial charge in [0.05, 0.1) is 23.0 Å². The van der Waals surface area contributed by atoms with E-state index in [1.165, 1.54) is 25.1 Å². The van der Waals surface area contributed by atoms with E-state index < -0.39 is 11.7 Å². The van der Waals surface area contributed by atoms with Crippen molar-refractivity contribution in [3.63, 3.8) is 0 Å². The van der Waals surface area contributed by atoms with Gasteiger partial charge in [-0.2, -0.15) is 13.2 Å². The summed E-state index contributed by atoms with van der Waals surface area (Å²) in [4.78, 5) is 15.5. The lowest BCUT2D eigenvalue weighted by Gasteiger charge is -2.12. The van der Waals surface area contributed by atoms with Crippen LogP contribution < -0.4 is 0 Å². The molecule has 0 atom stereocenters.